The van der Waals surface area contributed by atoms with Crippen molar-refractivity contribution in [2.45, 2.75) is 44.8 Å². The summed E-state index contributed by atoms with van der Waals surface area (Å²) in [5.74, 6) is 1.20. The largest absolute Gasteiger partial charge is 0.333 e. The van der Waals surface area contributed by atoms with Crippen molar-refractivity contribution in [2.24, 2.45) is 4.99 Å². The molecule has 3 aliphatic heterocycles. The summed E-state index contributed by atoms with van der Waals surface area (Å²) in [6, 6.07) is 14.2. The Morgan fingerprint density at radius 1 is 1.03 bits per heavy atom. The number of likely N-dealkylation sites (tertiary alicyclic amines) is 1. The Hall–Kier alpha value is -3.06. The molecule has 32 heavy (non-hydrogen) atoms. The van der Waals surface area contributed by atoms with Gasteiger partial charge in [-0.1, -0.05) is 48.9 Å². The second-order valence-corrected chi connectivity index (χ2v) is 9.11. The van der Waals surface area contributed by atoms with E-state index in [2.05, 4.69) is 46.7 Å². The number of carbonyl (C=O) groups excluding carboxylic acids is 2. The predicted molar refractivity (Wildman–Crippen MR) is 125 cm³/mol. The van der Waals surface area contributed by atoms with Gasteiger partial charge in [-0.3, -0.25) is 19.5 Å². The number of aliphatic imine (C=N–C) groups is 1. The molecule has 2 atom stereocenters. The van der Waals surface area contributed by atoms with Crippen LogP contribution < -0.4 is 0 Å². The van der Waals surface area contributed by atoms with Crippen LogP contribution in [0.25, 0.3) is 10.8 Å². The minimum absolute atomic E-state index is 0.214. The molecule has 0 radical (unpaired) electrons. The summed E-state index contributed by atoms with van der Waals surface area (Å²) in [7, 11) is 3.26. The molecule has 2 unspecified atom stereocenters. The van der Waals surface area contributed by atoms with Gasteiger partial charge in [0.1, 0.15) is 13.1 Å². The molecule has 7 nitrogen and oxygen atoms in total. The van der Waals surface area contributed by atoms with Crippen LogP contribution in [0.5, 0.6) is 0 Å². The van der Waals surface area contributed by atoms with E-state index in [-0.39, 0.29) is 11.9 Å². The maximum absolute atomic E-state index is 13.3. The van der Waals surface area contributed by atoms with E-state index in [4.69, 9.17) is 4.99 Å². The van der Waals surface area contributed by atoms with E-state index in [1.807, 2.05) is 12.1 Å². The number of amides is 3. The number of benzene rings is 2. The average Bonchev–Trinajstić information content (AvgIpc) is 3.16. The molecule has 166 valence electrons. The number of hydrogen-bond donors (Lipinski definition) is 0. The number of rotatable bonds is 4. The van der Waals surface area contributed by atoms with Crippen LogP contribution in [0.4, 0.5) is 4.79 Å². The molecule has 2 aromatic carbocycles. The lowest BCUT2D eigenvalue weighted by molar-refractivity contribution is -0.552. The van der Waals surface area contributed by atoms with Crippen LogP contribution in [-0.4, -0.2) is 82.2 Å². The van der Waals surface area contributed by atoms with Crippen molar-refractivity contribution in [1.82, 2.24) is 14.7 Å². The summed E-state index contributed by atoms with van der Waals surface area (Å²) in [6.07, 6.45) is 3.61. The molecular weight excluding hydrogens is 402 g/mol. The Bertz CT molecular complexity index is 1150. The smallest absolute Gasteiger partial charge is 0.289 e. The highest BCUT2D eigenvalue weighted by molar-refractivity contribution is 6.23. The number of hydrogen-bond acceptors (Lipinski definition) is 4. The van der Waals surface area contributed by atoms with E-state index < -0.39 is 6.04 Å². The van der Waals surface area contributed by atoms with Gasteiger partial charge >= 0.3 is 11.9 Å². The van der Waals surface area contributed by atoms with Crippen LogP contribution in [0.2, 0.25) is 0 Å². The molecule has 0 spiro atoms. The average molecular weight is 433 g/mol. The number of carbonyl (C=O) groups is 2. The lowest BCUT2D eigenvalue weighted by atomic mass is 10.0. The van der Waals surface area contributed by atoms with E-state index in [1.54, 1.807) is 14.1 Å². The number of urea groups is 1. The lowest BCUT2D eigenvalue weighted by Crippen LogP contribution is -2.61. The number of piperidine rings is 1. The first kappa shape index (κ1) is 20.8. The molecule has 0 N–H and O–H groups in total. The summed E-state index contributed by atoms with van der Waals surface area (Å²) in [4.78, 5) is 35.9. The molecule has 0 saturated carbocycles. The molecule has 2 saturated heterocycles. The maximum Gasteiger partial charge on any atom is 0.333 e. The standard InChI is InChI=1S/C25H30N5O2/c1-17-9-6-7-14-29(17)16-21-26-23-22(24(31)28(3)25(32)27(23)2)30(21)15-19-12-8-11-18-10-4-5-13-20(18)19/h4-5,8,10-13,17,22H,6-7,9,14-16H2,1-3H3/q+1. The number of imide groups is 1. The first-order valence-corrected chi connectivity index (χ1v) is 11.4. The fraction of sp³-hybridized carbons (Fsp3) is 0.440. The van der Waals surface area contributed by atoms with E-state index in [9.17, 15) is 9.59 Å². The second-order valence-electron chi connectivity index (χ2n) is 9.11. The number of fused-ring (bicyclic) bond motifs is 2. The van der Waals surface area contributed by atoms with Crippen molar-refractivity contribution in [3.05, 3.63) is 48.0 Å². The SMILES string of the molecule is CC1CCCCN1CC1=[N+](Cc2cccc3ccccc23)C2C(=O)N(C)C(=O)N(C)C2=N1. The van der Waals surface area contributed by atoms with Crippen LogP contribution in [0.15, 0.2) is 47.5 Å². The Labute approximate surface area is 188 Å². The van der Waals surface area contributed by atoms with Gasteiger partial charge < -0.3 is 0 Å². The van der Waals surface area contributed by atoms with Gasteiger partial charge in [-0.15, -0.1) is 0 Å². The molecule has 3 amide bonds. The summed E-state index contributed by atoms with van der Waals surface area (Å²) < 4.78 is 2.11. The highest BCUT2D eigenvalue weighted by Crippen LogP contribution is 2.25. The minimum atomic E-state index is -0.572. The second kappa shape index (κ2) is 8.13. The van der Waals surface area contributed by atoms with Crippen molar-refractivity contribution in [3.8, 4) is 0 Å². The van der Waals surface area contributed by atoms with Gasteiger partial charge in [0.05, 0.1) is 0 Å². The third-order valence-electron chi connectivity index (χ3n) is 7.12. The fourth-order valence-electron chi connectivity index (χ4n) is 5.15. The quantitative estimate of drug-likeness (QED) is 0.698. The number of likely N-dealkylation sites (N-methyl/N-ethyl adjacent to an activating group) is 2. The minimum Gasteiger partial charge on any atom is -0.289 e. The van der Waals surface area contributed by atoms with Gasteiger partial charge in [0.2, 0.25) is 0 Å². The van der Waals surface area contributed by atoms with Gasteiger partial charge in [-0.25, -0.2) is 9.37 Å². The molecule has 2 aromatic rings. The first-order chi connectivity index (χ1) is 15.5. The third-order valence-corrected chi connectivity index (χ3v) is 7.12. The maximum atomic E-state index is 13.3. The Balaban J connectivity index is 1.58. The van der Waals surface area contributed by atoms with Gasteiger partial charge in [-0.2, -0.15) is 0 Å². The molecule has 3 aliphatic rings. The zero-order valence-electron chi connectivity index (χ0n) is 19.0. The first-order valence-electron chi connectivity index (χ1n) is 11.4. The van der Waals surface area contributed by atoms with Crippen LogP contribution >= 0.6 is 0 Å². The van der Waals surface area contributed by atoms with Gasteiger partial charge in [-0.05, 0) is 42.1 Å². The zero-order valence-corrected chi connectivity index (χ0v) is 19.0. The Morgan fingerprint density at radius 3 is 2.62 bits per heavy atom. The summed E-state index contributed by atoms with van der Waals surface area (Å²) in [5.41, 5.74) is 1.15. The monoisotopic (exact) mass is 432 g/mol. The molecule has 5 rings (SSSR count). The Morgan fingerprint density at radius 2 is 1.81 bits per heavy atom. The van der Waals surface area contributed by atoms with Crippen molar-refractivity contribution in [2.75, 3.05) is 27.2 Å². The predicted octanol–water partition coefficient (Wildman–Crippen LogP) is 2.93. The molecule has 7 heteroatoms. The van der Waals surface area contributed by atoms with Crippen molar-refractivity contribution >= 4 is 34.4 Å². The molecule has 0 aromatic heterocycles. The molecular formula is C25H30N5O2+. The van der Waals surface area contributed by atoms with Crippen molar-refractivity contribution in [1.29, 1.82) is 0 Å². The fourth-order valence-corrected chi connectivity index (χ4v) is 5.15. The molecule has 2 fully saturated rings. The highest BCUT2D eigenvalue weighted by Gasteiger charge is 2.53. The zero-order chi connectivity index (χ0) is 22.4. The van der Waals surface area contributed by atoms with Gasteiger partial charge in [0.15, 0.2) is 0 Å². The van der Waals surface area contributed by atoms with Crippen LogP contribution in [0.1, 0.15) is 31.7 Å². The van der Waals surface area contributed by atoms with Gasteiger partial charge in [0.25, 0.3) is 17.8 Å². The van der Waals surface area contributed by atoms with E-state index >= 15 is 0 Å². The van der Waals surface area contributed by atoms with E-state index in [1.165, 1.54) is 39.8 Å². The third kappa shape index (κ3) is 3.41. The summed E-state index contributed by atoms with van der Waals surface area (Å²) >= 11 is 0. The lowest BCUT2D eigenvalue weighted by Gasteiger charge is -2.32. The molecule has 0 bridgehead atoms. The van der Waals surface area contributed by atoms with Gasteiger partial charge in [0, 0.05) is 25.7 Å². The summed E-state index contributed by atoms with van der Waals surface area (Å²) in [6.45, 7) is 4.55. The van der Waals surface area contributed by atoms with Crippen molar-refractivity contribution in [3.63, 3.8) is 0 Å². The number of nitrogens with zero attached hydrogens (tertiary/aromatic N) is 5. The van der Waals surface area contributed by atoms with Crippen molar-refractivity contribution < 1.29 is 14.2 Å². The number of amidine groups is 2. The van der Waals surface area contributed by atoms with Crippen LogP contribution in [0, 0.1) is 0 Å². The highest BCUT2D eigenvalue weighted by atomic mass is 16.2. The Kier molecular flexibility index (Phi) is 5.29. The molecule has 0 aliphatic carbocycles. The van der Waals surface area contributed by atoms with E-state index in [0.717, 1.165) is 17.9 Å². The van der Waals surface area contributed by atoms with Crippen LogP contribution in [-0.2, 0) is 11.3 Å². The topological polar surface area (TPSA) is 59.2 Å². The van der Waals surface area contributed by atoms with Crippen LogP contribution in [0.3, 0.4) is 0 Å². The normalized spacial score (nSPS) is 24.4. The van der Waals surface area contributed by atoms with E-state index in [0.29, 0.717) is 25.0 Å². The molecule has 3 heterocycles. The summed E-state index contributed by atoms with van der Waals surface area (Å²) in [5, 5.41) is 2.35.